The van der Waals surface area contributed by atoms with Crippen molar-refractivity contribution in [1.29, 1.82) is 0 Å². The Kier molecular flexibility index (Phi) is 5.31. The molecular formula is C19H18BrF3N2O2. The standard InChI is InChI=1S/C19H18BrF3N2O2/c1-11(12-6-4-3-5-7-12)24-9-18(2)10-27-15-13(18)8-14(25-17(15)20)16(26)19(21,22)23/h3-8,11,24H,9-10H2,1-2H3/t11-,18+/m0/s1. The molecule has 4 nitrogen and oxygen atoms in total. The third-order valence-corrected chi connectivity index (χ3v) is 5.24. The second-order valence-electron chi connectivity index (χ2n) is 6.86. The molecule has 2 heterocycles. The maximum Gasteiger partial charge on any atom is 0.456 e. The molecule has 0 spiro atoms. The van der Waals surface area contributed by atoms with Crippen molar-refractivity contribution in [2.24, 2.45) is 0 Å². The van der Waals surface area contributed by atoms with E-state index in [4.69, 9.17) is 4.74 Å². The summed E-state index contributed by atoms with van der Waals surface area (Å²) in [6.07, 6.45) is -4.98. The molecule has 2 aromatic rings. The van der Waals surface area contributed by atoms with Crippen LogP contribution in [-0.4, -0.2) is 30.1 Å². The molecule has 0 unspecified atom stereocenters. The van der Waals surface area contributed by atoms with Crippen LogP contribution in [0, 0.1) is 0 Å². The Morgan fingerprint density at radius 2 is 2.04 bits per heavy atom. The Morgan fingerprint density at radius 1 is 1.37 bits per heavy atom. The number of nitrogens with one attached hydrogen (secondary N) is 1. The van der Waals surface area contributed by atoms with E-state index in [-0.39, 0.29) is 17.3 Å². The van der Waals surface area contributed by atoms with Crippen LogP contribution in [0.4, 0.5) is 13.2 Å². The zero-order chi connectivity index (χ0) is 19.8. The predicted octanol–water partition coefficient (Wildman–Crippen LogP) is 4.59. The van der Waals surface area contributed by atoms with Crippen LogP contribution in [0.1, 0.15) is 41.5 Å². The molecule has 1 aromatic heterocycles. The van der Waals surface area contributed by atoms with E-state index < -0.39 is 23.1 Å². The summed E-state index contributed by atoms with van der Waals surface area (Å²) in [5.41, 5.74) is 0.402. The maximum atomic E-state index is 12.8. The lowest BCUT2D eigenvalue weighted by Gasteiger charge is -2.26. The summed E-state index contributed by atoms with van der Waals surface area (Å²) in [6.45, 7) is 4.64. The third kappa shape index (κ3) is 4.01. The number of halogens is 4. The molecule has 2 atom stereocenters. The second kappa shape index (κ2) is 7.24. The van der Waals surface area contributed by atoms with Crippen LogP contribution in [-0.2, 0) is 5.41 Å². The van der Waals surface area contributed by atoms with Crippen molar-refractivity contribution in [3.63, 3.8) is 0 Å². The number of benzene rings is 1. The predicted molar refractivity (Wildman–Crippen MR) is 98.0 cm³/mol. The molecule has 0 amide bonds. The van der Waals surface area contributed by atoms with Gasteiger partial charge in [-0.2, -0.15) is 13.2 Å². The summed E-state index contributed by atoms with van der Waals surface area (Å²) >= 11 is 3.13. The molecule has 1 N–H and O–H groups in total. The first-order chi connectivity index (χ1) is 12.6. The Balaban J connectivity index is 1.85. The topological polar surface area (TPSA) is 51.2 Å². The van der Waals surface area contributed by atoms with E-state index in [1.807, 2.05) is 44.2 Å². The van der Waals surface area contributed by atoms with Crippen LogP contribution in [0.5, 0.6) is 5.75 Å². The van der Waals surface area contributed by atoms with Gasteiger partial charge in [0.05, 0.1) is 6.61 Å². The molecule has 0 radical (unpaired) electrons. The van der Waals surface area contributed by atoms with Crippen LogP contribution in [0.25, 0.3) is 0 Å². The zero-order valence-electron chi connectivity index (χ0n) is 14.7. The molecule has 8 heteroatoms. The van der Waals surface area contributed by atoms with E-state index >= 15 is 0 Å². The SMILES string of the molecule is C[C@H](NC[C@]1(C)COc2c1cc(C(=O)C(F)(F)F)nc2Br)c1ccccc1. The monoisotopic (exact) mass is 442 g/mol. The molecule has 0 bridgehead atoms. The van der Waals surface area contributed by atoms with Crippen molar-refractivity contribution >= 4 is 21.7 Å². The maximum absolute atomic E-state index is 12.8. The third-order valence-electron chi connectivity index (χ3n) is 4.71. The van der Waals surface area contributed by atoms with Crippen LogP contribution in [0.3, 0.4) is 0 Å². The van der Waals surface area contributed by atoms with Crippen molar-refractivity contribution in [3.8, 4) is 5.75 Å². The summed E-state index contributed by atoms with van der Waals surface area (Å²) < 4.78 is 44.2. The number of hydrogen-bond donors (Lipinski definition) is 1. The summed E-state index contributed by atoms with van der Waals surface area (Å²) in [6, 6.07) is 11.1. The fraction of sp³-hybridized carbons (Fsp3) is 0.368. The van der Waals surface area contributed by atoms with Gasteiger partial charge in [-0.1, -0.05) is 37.3 Å². The highest BCUT2D eigenvalue weighted by Gasteiger charge is 2.44. The van der Waals surface area contributed by atoms with Gasteiger partial charge in [-0.3, -0.25) is 4.79 Å². The average molecular weight is 443 g/mol. The number of carbonyl (C=O) groups is 1. The van der Waals surface area contributed by atoms with Gasteiger partial charge < -0.3 is 10.1 Å². The summed E-state index contributed by atoms with van der Waals surface area (Å²) in [7, 11) is 0. The number of rotatable bonds is 5. The van der Waals surface area contributed by atoms with E-state index in [1.54, 1.807) is 0 Å². The second-order valence-corrected chi connectivity index (χ2v) is 7.62. The van der Waals surface area contributed by atoms with Gasteiger partial charge in [0.2, 0.25) is 0 Å². The fourth-order valence-corrected chi connectivity index (χ4v) is 3.56. The number of carbonyl (C=O) groups excluding carboxylic acids is 1. The molecule has 1 aliphatic heterocycles. The number of nitrogens with zero attached hydrogens (tertiary/aromatic N) is 1. The van der Waals surface area contributed by atoms with E-state index in [0.717, 1.165) is 5.56 Å². The molecule has 1 aliphatic rings. The van der Waals surface area contributed by atoms with Crippen molar-refractivity contribution in [2.45, 2.75) is 31.5 Å². The fourth-order valence-electron chi connectivity index (χ4n) is 3.04. The van der Waals surface area contributed by atoms with E-state index in [0.29, 0.717) is 17.9 Å². The zero-order valence-corrected chi connectivity index (χ0v) is 16.3. The minimum absolute atomic E-state index is 0.0497. The van der Waals surface area contributed by atoms with Crippen molar-refractivity contribution in [3.05, 3.63) is 57.8 Å². The number of alkyl halides is 3. The first-order valence-corrected chi connectivity index (χ1v) is 9.15. The Labute approximate surface area is 163 Å². The smallest absolute Gasteiger partial charge is 0.456 e. The lowest BCUT2D eigenvalue weighted by molar-refractivity contribution is -0.0888. The molecular weight excluding hydrogens is 425 g/mol. The number of aromatic nitrogens is 1. The van der Waals surface area contributed by atoms with Gasteiger partial charge in [0, 0.05) is 23.6 Å². The van der Waals surface area contributed by atoms with E-state index in [2.05, 4.69) is 26.2 Å². The normalized spacial score (nSPS) is 20.1. The largest absolute Gasteiger partial charge is 0.489 e. The van der Waals surface area contributed by atoms with Crippen molar-refractivity contribution in [2.75, 3.05) is 13.2 Å². The van der Waals surface area contributed by atoms with Gasteiger partial charge in [0.1, 0.15) is 10.3 Å². The van der Waals surface area contributed by atoms with Gasteiger partial charge in [-0.15, -0.1) is 0 Å². The molecule has 0 aliphatic carbocycles. The number of hydrogen-bond acceptors (Lipinski definition) is 4. The number of ether oxygens (including phenoxy) is 1. The highest BCUT2D eigenvalue weighted by Crippen LogP contribution is 2.43. The average Bonchev–Trinajstić information content (AvgIpc) is 2.97. The number of ketones is 1. The molecule has 3 rings (SSSR count). The Hall–Kier alpha value is -1.93. The number of fused-ring (bicyclic) bond motifs is 1. The van der Waals surface area contributed by atoms with Crippen molar-refractivity contribution in [1.82, 2.24) is 10.3 Å². The number of pyridine rings is 1. The van der Waals surface area contributed by atoms with Crippen LogP contribution in [0.15, 0.2) is 41.0 Å². The van der Waals surface area contributed by atoms with Crippen molar-refractivity contribution < 1.29 is 22.7 Å². The highest BCUT2D eigenvalue weighted by molar-refractivity contribution is 9.10. The molecule has 144 valence electrons. The molecule has 0 fully saturated rings. The number of Topliss-reactive ketones (excluding diaryl/α,β-unsaturated/α-hetero) is 1. The lowest BCUT2D eigenvalue weighted by Crippen LogP contribution is -2.38. The van der Waals surface area contributed by atoms with Gasteiger partial charge >= 0.3 is 6.18 Å². The Bertz CT molecular complexity index is 858. The van der Waals surface area contributed by atoms with E-state index in [9.17, 15) is 18.0 Å². The molecule has 0 saturated carbocycles. The van der Waals surface area contributed by atoms with Crippen LogP contribution < -0.4 is 10.1 Å². The Morgan fingerprint density at radius 3 is 2.67 bits per heavy atom. The summed E-state index contributed by atoms with van der Waals surface area (Å²) in [5.74, 6) is -1.59. The summed E-state index contributed by atoms with van der Waals surface area (Å²) in [5, 5.41) is 3.40. The molecule has 27 heavy (non-hydrogen) atoms. The minimum atomic E-state index is -4.98. The van der Waals surface area contributed by atoms with E-state index in [1.165, 1.54) is 6.07 Å². The van der Waals surface area contributed by atoms with Crippen LogP contribution >= 0.6 is 15.9 Å². The van der Waals surface area contributed by atoms with Gasteiger partial charge in [-0.25, -0.2) is 4.98 Å². The first-order valence-electron chi connectivity index (χ1n) is 8.35. The highest BCUT2D eigenvalue weighted by atomic mass is 79.9. The quantitative estimate of drug-likeness (QED) is 0.543. The van der Waals surface area contributed by atoms with Gasteiger partial charge in [-0.05, 0) is 34.5 Å². The van der Waals surface area contributed by atoms with Gasteiger partial charge in [0.25, 0.3) is 5.78 Å². The van der Waals surface area contributed by atoms with Gasteiger partial charge in [0.15, 0.2) is 5.75 Å². The first kappa shape index (κ1) is 19.8. The molecule has 0 saturated heterocycles. The van der Waals surface area contributed by atoms with Crippen LogP contribution in [0.2, 0.25) is 0 Å². The minimum Gasteiger partial charge on any atom is -0.489 e. The molecule has 1 aromatic carbocycles. The summed E-state index contributed by atoms with van der Waals surface area (Å²) in [4.78, 5) is 15.3. The lowest BCUT2D eigenvalue weighted by atomic mass is 9.84.